The van der Waals surface area contributed by atoms with Gasteiger partial charge in [-0.05, 0) is 27.2 Å². The number of hydrogen-bond donors (Lipinski definition) is 9. The summed E-state index contributed by atoms with van der Waals surface area (Å²) in [6, 6.07) is -1.05. The minimum Gasteiger partial charge on any atom is -0.444 e. The molecule has 0 aliphatic carbocycles. The van der Waals surface area contributed by atoms with Crippen LogP contribution in [0, 0.1) is 0 Å². The summed E-state index contributed by atoms with van der Waals surface area (Å²) in [5.41, 5.74) is -0.811. The lowest BCUT2D eigenvalue weighted by molar-refractivity contribution is -0.359. The Morgan fingerprint density at radius 3 is 2.12 bits per heavy atom. The quantitative estimate of drug-likeness (QED) is 0.0797. The molecule has 41 heavy (non-hydrogen) atoms. The molecule has 2 rings (SSSR count). The standard InChI is InChI=1S/C26H47NO14/c1-5-6-7-8-9-14(30)13(27-25(36)41-26(2,3)4)12-37-23-21(35)19(33)22(16(11-29)39-23)40-24-20(34)18(32)17(31)15(10-28)38-24/h8-9,13-24,28-35H,5-7,10-12H2,1-4H3,(H,27,36)/b9-8+/t13-,14+,15?,16?,17-,18-,19+,20?,21?,22+,23+,24-/m0/s1. The van der Waals surface area contributed by atoms with Gasteiger partial charge < -0.3 is 69.9 Å². The zero-order valence-corrected chi connectivity index (χ0v) is 23.9. The van der Waals surface area contributed by atoms with Crippen LogP contribution in [-0.2, 0) is 23.7 Å². The minimum atomic E-state index is -1.79. The molecule has 2 aliphatic rings. The summed E-state index contributed by atoms with van der Waals surface area (Å²) in [4.78, 5) is 12.4. The van der Waals surface area contributed by atoms with E-state index in [-0.39, 0.29) is 0 Å². The molecule has 12 atom stereocenters. The highest BCUT2D eigenvalue weighted by atomic mass is 16.7. The number of amides is 1. The lowest BCUT2D eigenvalue weighted by Crippen LogP contribution is -2.65. The summed E-state index contributed by atoms with van der Waals surface area (Å²) in [5.74, 6) is 0. The second kappa shape index (κ2) is 16.4. The van der Waals surface area contributed by atoms with Crippen LogP contribution < -0.4 is 5.32 Å². The average molecular weight is 598 g/mol. The van der Waals surface area contributed by atoms with Crippen molar-refractivity contribution in [2.45, 2.75) is 126 Å². The number of alkyl carbamates (subject to hydrolysis) is 1. The lowest BCUT2D eigenvalue weighted by atomic mass is 9.97. The van der Waals surface area contributed by atoms with Gasteiger partial charge in [-0.3, -0.25) is 0 Å². The number of allylic oxidation sites excluding steroid dienone is 1. The first-order valence-electron chi connectivity index (χ1n) is 13.8. The normalized spacial score (nSPS) is 36.2. The van der Waals surface area contributed by atoms with E-state index in [9.17, 15) is 45.6 Å². The van der Waals surface area contributed by atoms with Crippen LogP contribution in [0.4, 0.5) is 4.79 Å². The van der Waals surface area contributed by atoms with Gasteiger partial charge >= 0.3 is 6.09 Å². The highest BCUT2D eigenvalue weighted by Crippen LogP contribution is 2.29. The maximum Gasteiger partial charge on any atom is 0.408 e. The number of unbranched alkanes of at least 4 members (excludes halogenated alkanes) is 2. The maximum absolute atomic E-state index is 12.4. The van der Waals surface area contributed by atoms with Gasteiger partial charge in [-0.25, -0.2) is 4.79 Å². The molecule has 15 heteroatoms. The van der Waals surface area contributed by atoms with Crippen LogP contribution in [0.25, 0.3) is 0 Å². The molecular formula is C26H47NO14. The Hall–Kier alpha value is -1.47. The zero-order valence-electron chi connectivity index (χ0n) is 23.9. The molecule has 0 saturated carbocycles. The molecule has 1 amide bonds. The van der Waals surface area contributed by atoms with E-state index in [1.54, 1.807) is 26.8 Å². The van der Waals surface area contributed by atoms with Gasteiger partial charge in [0.05, 0.1) is 32.0 Å². The van der Waals surface area contributed by atoms with Crippen molar-refractivity contribution in [3.05, 3.63) is 12.2 Å². The van der Waals surface area contributed by atoms with Crippen molar-refractivity contribution in [1.29, 1.82) is 0 Å². The van der Waals surface area contributed by atoms with Crippen molar-refractivity contribution in [3.8, 4) is 0 Å². The van der Waals surface area contributed by atoms with Gasteiger partial charge in [0.25, 0.3) is 0 Å². The predicted molar refractivity (Wildman–Crippen MR) is 140 cm³/mol. The van der Waals surface area contributed by atoms with Gasteiger partial charge in [0.1, 0.15) is 54.4 Å². The Morgan fingerprint density at radius 2 is 1.54 bits per heavy atom. The molecule has 0 bridgehead atoms. The number of carbonyl (C=O) groups is 1. The van der Waals surface area contributed by atoms with E-state index in [0.717, 1.165) is 12.8 Å². The Morgan fingerprint density at radius 1 is 0.927 bits per heavy atom. The van der Waals surface area contributed by atoms with E-state index in [0.29, 0.717) is 6.42 Å². The highest BCUT2D eigenvalue weighted by molar-refractivity contribution is 5.68. The highest BCUT2D eigenvalue weighted by Gasteiger charge is 2.50. The molecule has 0 aromatic rings. The molecule has 0 spiro atoms. The number of nitrogens with one attached hydrogen (secondary N) is 1. The molecular weight excluding hydrogens is 550 g/mol. The SMILES string of the molecule is CCCC/C=C/[C@@H](O)[C@H](CO[C@@H]1OC(CO)[C@@H](O[C@@H]2OC(CO)[C@H](O)[C@H](O)C2O)[C@H](O)C1O)NC(=O)OC(C)(C)C. The Bertz CT molecular complexity index is 806. The smallest absolute Gasteiger partial charge is 0.408 e. The fraction of sp³-hybridized carbons (Fsp3) is 0.885. The van der Waals surface area contributed by atoms with Crippen LogP contribution in [0.1, 0.15) is 47.0 Å². The lowest BCUT2D eigenvalue weighted by Gasteiger charge is -2.46. The van der Waals surface area contributed by atoms with Crippen LogP contribution in [0.5, 0.6) is 0 Å². The first-order chi connectivity index (χ1) is 19.2. The molecule has 2 fully saturated rings. The predicted octanol–water partition coefficient (Wildman–Crippen LogP) is -2.37. The maximum atomic E-state index is 12.4. The van der Waals surface area contributed by atoms with Gasteiger partial charge in [-0.15, -0.1) is 0 Å². The van der Waals surface area contributed by atoms with Crippen LogP contribution in [0.2, 0.25) is 0 Å². The summed E-state index contributed by atoms with van der Waals surface area (Å²) in [6.45, 7) is 5.18. The number of rotatable bonds is 13. The summed E-state index contributed by atoms with van der Waals surface area (Å²) < 4.78 is 27.3. The fourth-order valence-electron chi connectivity index (χ4n) is 4.27. The van der Waals surface area contributed by atoms with Crippen molar-refractivity contribution in [2.75, 3.05) is 19.8 Å². The van der Waals surface area contributed by atoms with E-state index >= 15 is 0 Å². The number of ether oxygens (including phenoxy) is 5. The van der Waals surface area contributed by atoms with Gasteiger partial charge in [0.15, 0.2) is 12.6 Å². The first kappa shape index (κ1) is 35.7. The molecule has 2 saturated heterocycles. The van der Waals surface area contributed by atoms with Gasteiger partial charge in [0.2, 0.25) is 0 Å². The van der Waals surface area contributed by atoms with Crippen molar-refractivity contribution in [1.82, 2.24) is 5.32 Å². The summed E-state index contributed by atoms with van der Waals surface area (Å²) in [7, 11) is 0. The fourth-order valence-corrected chi connectivity index (χ4v) is 4.27. The monoisotopic (exact) mass is 597 g/mol. The second-order valence-corrected chi connectivity index (χ2v) is 11.2. The average Bonchev–Trinajstić information content (AvgIpc) is 2.91. The van der Waals surface area contributed by atoms with E-state index in [2.05, 4.69) is 5.32 Å². The molecule has 15 nitrogen and oxygen atoms in total. The van der Waals surface area contributed by atoms with Crippen molar-refractivity contribution >= 4 is 6.09 Å². The van der Waals surface area contributed by atoms with Gasteiger partial charge in [0, 0.05) is 0 Å². The Balaban J connectivity index is 2.10. The van der Waals surface area contributed by atoms with Crippen molar-refractivity contribution in [2.24, 2.45) is 0 Å². The largest absolute Gasteiger partial charge is 0.444 e. The van der Waals surface area contributed by atoms with Crippen LogP contribution in [0.3, 0.4) is 0 Å². The van der Waals surface area contributed by atoms with E-state index in [1.165, 1.54) is 6.08 Å². The molecule has 0 radical (unpaired) electrons. The molecule has 9 N–H and O–H groups in total. The van der Waals surface area contributed by atoms with Gasteiger partial charge in [-0.2, -0.15) is 0 Å². The number of hydrogen-bond acceptors (Lipinski definition) is 14. The number of aliphatic hydroxyl groups is 8. The Labute approximate surface area is 239 Å². The van der Waals surface area contributed by atoms with E-state index in [1.807, 2.05) is 6.92 Å². The van der Waals surface area contributed by atoms with E-state index in [4.69, 9.17) is 23.7 Å². The molecule has 2 heterocycles. The molecule has 2 aliphatic heterocycles. The minimum absolute atomic E-state index is 0.399. The van der Waals surface area contributed by atoms with Gasteiger partial charge in [-0.1, -0.05) is 31.9 Å². The second-order valence-electron chi connectivity index (χ2n) is 11.2. The summed E-state index contributed by atoms with van der Waals surface area (Å²) >= 11 is 0. The van der Waals surface area contributed by atoms with Crippen molar-refractivity contribution in [3.63, 3.8) is 0 Å². The number of aliphatic hydroxyl groups excluding tert-OH is 8. The third kappa shape index (κ3) is 10.3. The molecule has 0 aromatic carbocycles. The first-order valence-corrected chi connectivity index (χ1v) is 13.8. The zero-order chi connectivity index (χ0) is 30.9. The topological polar surface area (TPSA) is 237 Å². The third-order valence-electron chi connectivity index (χ3n) is 6.57. The molecule has 240 valence electrons. The van der Waals surface area contributed by atoms with E-state index < -0.39 is 105 Å². The van der Waals surface area contributed by atoms with Crippen LogP contribution >= 0.6 is 0 Å². The third-order valence-corrected chi connectivity index (χ3v) is 6.57. The van der Waals surface area contributed by atoms with Crippen LogP contribution in [0.15, 0.2) is 12.2 Å². The van der Waals surface area contributed by atoms with Crippen LogP contribution in [-0.4, -0.2) is 146 Å². The summed E-state index contributed by atoms with van der Waals surface area (Å²) in [5, 5.41) is 84.2. The number of carbonyl (C=O) groups excluding carboxylic acids is 1. The van der Waals surface area contributed by atoms with Crippen molar-refractivity contribution < 1.29 is 69.3 Å². The Kier molecular flexibility index (Phi) is 14.3. The molecule has 4 unspecified atom stereocenters. The molecule has 0 aromatic heterocycles. The summed E-state index contributed by atoms with van der Waals surface area (Å²) in [6.07, 6.45) is -12.3.